The lowest BCUT2D eigenvalue weighted by Gasteiger charge is -2.31. The van der Waals surface area contributed by atoms with E-state index in [1.807, 2.05) is 12.1 Å². The van der Waals surface area contributed by atoms with Gasteiger partial charge in [0.15, 0.2) is 0 Å². The molecular weight excluding hydrogens is 231 g/mol. The molecule has 0 saturated heterocycles. The molecular formula is C11H16Cl2N2. The Bertz CT molecular complexity index is 286. The molecule has 1 rings (SSSR count). The third kappa shape index (κ3) is 3.25. The monoisotopic (exact) mass is 246 g/mol. The highest BCUT2D eigenvalue weighted by atomic mass is 35.5. The van der Waals surface area contributed by atoms with Crippen LogP contribution < -0.4 is 5.32 Å². The van der Waals surface area contributed by atoms with Crippen molar-refractivity contribution in [3.05, 3.63) is 23.4 Å². The zero-order valence-corrected chi connectivity index (χ0v) is 10.6. The van der Waals surface area contributed by atoms with Crippen molar-refractivity contribution in [3.63, 3.8) is 0 Å². The lowest BCUT2D eigenvalue weighted by Crippen LogP contribution is -2.39. The highest BCUT2D eigenvalue weighted by molar-refractivity contribution is 6.30. The Hall–Kier alpha value is -0.470. The summed E-state index contributed by atoms with van der Waals surface area (Å²) < 4.78 is 0. The quantitative estimate of drug-likeness (QED) is 0.797. The van der Waals surface area contributed by atoms with Gasteiger partial charge in [0.25, 0.3) is 0 Å². The van der Waals surface area contributed by atoms with Gasteiger partial charge in [-0.3, -0.25) is 0 Å². The Morgan fingerprint density at radius 1 is 1.33 bits per heavy atom. The molecule has 1 aromatic rings. The summed E-state index contributed by atoms with van der Waals surface area (Å²) >= 11 is 11.8. The van der Waals surface area contributed by atoms with Crippen molar-refractivity contribution < 1.29 is 0 Å². The van der Waals surface area contributed by atoms with Crippen molar-refractivity contribution in [2.24, 2.45) is 0 Å². The number of halogens is 2. The van der Waals surface area contributed by atoms with Gasteiger partial charge in [-0.05, 0) is 25.0 Å². The fourth-order valence-corrected chi connectivity index (χ4v) is 1.93. The number of alkyl halides is 1. The molecule has 0 spiro atoms. The van der Waals surface area contributed by atoms with Gasteiger partial charge in [-0.25, -0.2) is 4.98 Å². The first-order valence-corrected chi connectivity index (χ1v) is 6.02. The van der Waals surface area contributed by atoms with Crippen molar-refractivity contribution in [2.45, 2.75) is 32.2 Å². The molecule has 2 nitrogen and oxygen atoms in total. The lowest BCUT2D eigenvalue weighted by molar-refractivity contribution is 0.482. The second-order valence-corrected chi connectivity index (χ2v) is 4.31. The van der Waals surface area contributed by atoms with Gasteiger partial charge in [-0.15, -0.1) is 11.6 Å². The number of hydrogen-bond donors (Lipinski definition) is 1. The van der Waals surface area contributed by atoms with Crippen molar-refractivity contribution >= 4 is 29.0 Å². The fourth-order valence-electron chi connectivity index (χ4n) is 1.37. The van der Waals surface area contributed by atoms with E-state index in [0.717, 1.165) is 18.7 Å². The summed E-state index contributed by atoms with van der Waals surface area (Å²) in [5.41, 5.74) is -0.0671. The van der Waals surface area contributed by atoms with E-state index in [2.05, 4.69) is 24.1 Å². The third-order valence-electron chi connectivity index (χ3n) is 2.73. The Morgan fingerprint density at radius 2 is 2.00 bits per heavy atom. The number of aromatic nitrogens is 1. The van der Waals surface area contributed by atoms with E-state index in [1.165, 1.54) is 0 Å². The first kappa shape index (κ1) is 12.6. The van der Waals surface area contributed by atoms with Crippen LogP contribution in [0, 0.1) is 0 Å². The second-order valence-electron chi connectivity index (χ2n) is 3.61. The highest BCUT2D eigenvalue weighted by Crippen LogP contribution is 2.23. The van der Waals surface area contributed by atoms with Gasteiger partial charge in [0.05, 0.1) is 10.6 Å². The number of nitrogens with zero attached hydrogens (tertiary/aromatic N) is 1. The average molecular weight is 247 g/mol. The number of anilines is 1. The summed E-state index contributed by atoms with van der Waals surface area (Å²) in [4.78, 5) is 4.21. The summed E-state index contributed by atoms with van der Waals surface area (Å²) in [5, 5.41) is 4.01. The maximum atomic E-state index is 5.99. The summed E-state index contributed by atoms with van der Waals surface area (Å²) in [6.45, 7) is 4.24. The smallest absolute Gasteiger partial charge is 0.126 e. The van der Waals surface area contributed by atoms with Crippen LogP contribution in [-0.2, 0) is 0 Å². The van der Waals surface area contributed by atoms with E-state index in [-0.39, 0.29) is 5.54 Å². The first-order chi connectivity index (χ1) is 7.15. The van der Waals surface area contributed by atoms with E-state index in [1.54, 1.807) is 6.20 Å². The average Bonchev–Trinajstić information content (AvgIpc) is 2.29. The Balaban J connectivity index is 2.78. The molecule has 0 aliphatic carbocycles. The number of hydrogen-bond acceptors (Lipinski definition) is 2. The minimum Gasteiger partial charge on any atom is -0.363 e. The van der Waals surface area contributed by atoms with Crippen LogP contribution in [0.5, 0.6) is 0 Å². The van der Waals surface area contributed by atoms with Crippen LogP contribution in [0.1, 0.15) is 26.7 Å². The molecule has 0 bridgehead atoms. The number of pyridine rings is 1. The van der Waals surface area contributed by atoms with E-state index < -0.39 is 0 Å². The molecule has 1 aromatic heterocycles. The molecule has 1 heterocycles. The van der Waals surface area contributed by atoms with Gasteiger partial charge in [-0.2, -0.15) is 0 Å². The Morgan fingerprint density at radius 3 is 2.40 bits per heavy atom. The molecule has 0 amide bonds. The standard InChI is InChI=1S/C11H16Cl2N2/c1-3-11(4-2,8-12)15-10-6-5-9(13)7-14-10/h5-7H,3-4,8H2,1-2H3,(H,14,15). The summed E-state index contributed by atoms with van der Waals surface area (Å²) in [6, 6.07) is 3.69. The summed E-state index contributed by atoms with van der Waals surface area (Å²) in [5.74, 6) is 1.40. The molecule has 0 unspecified atom stereocenters. The maximum Gasteiger partial charge on any atom is 0.126 e. The molecule has 0 radical (unpaired) electrons. The molecule has 0 fully saturated rings. The van der Waals surface area contributed by atoms with Crippen molar-refractivity contribution in [2.75, 3.05) is 11.2 Å². The van der Waals surface area contributed by atoms with Gasteiger partial charge in [0, 0.05) is 12.1 Å². The fraction of sp³-hybridized carbons (Fsp3) is 0.545. The second kappa shape index (κ2) is 5.57. The molecule has 1 N–H and O–H groups in total. The van der Waals surface area contributed by atoms with Crippen LogP contribution >= 0.6 is 23.2 Å². The molecule has 4 heteroatoms. The first-order valence-electron chi connectivity index (χ1n) is 5.11. The van der Waals surface area contributed by atoms with Crippen LogP contribution in [0.15, 0.2) is 18.3 Å². The summed E-state index contributed by atoms with van der Waals surface area (Å²) in [6.07, 6.45) is 3.57. The Labute approximate surface area is 101 Å². The van der Waals surface area contributed by atoms with E-state index in [9.17, 15) is 0 Å². The predicted octanol–water partition coefficient (Wildman–Crippen LogP) is 3.94. The van der Waals surface area contributed by atoms with Crippen molar-refractivity contribution in [1.29, 1.82) is 0 Å². The molecule has 84 valence electrons. The Kier molecular flexibility index (Phi) is 4.68. The molecule has 0 aliphatic rings. The number of nitrogens with one attached hydrogen (secondary N) is 1. The molecule has 0 aliphatic heterocycles. The molecule has 0 aromatic carbocycles. The normalized spacial score (nSPS) is 11.5. The van der Waals surface area contributed by atoms with E-state index in [4.69, 9.17) is 23.2 Å². The zero-order valence-electron chi connectivity index (χ0n) is 9.06. The predicted molar refractivity (Wildman–Crippen MR) is 66.9 cm³/mol. The maximum absolute atomic E-state index is 5.99. The zero-order chi connectivity index (χ0) is 11.3. The van der Waals surface area contributed by atoms with Crippen LogP contribution in [0.2, 0.25) is 5.02 Å². The van der Waals surface area contributed by atoms with Crippen molar-refractivity contribution in [3.8, 4) is 0 Å². The molecule has 0 atom stereocenters. The molecule has 0 saturated carbocycles. The van der Waals surface area contributed by atoms with Crippen LogP contribution in [0.3, 0.4) is 0 Å². The minimum atomic E-state index is -0.0671. The van der Waals surface area contributed by atoms with Gasteiger partial charge >= 0.3 is 0 Å². The minimum absolute atomic E-state index is 0.0671. The van der Waals surface area contributed by atoms with E-state index in [0.29, 0.717) is 10.9 Å². The summed E-state index contributed by atoms with van der Waals surface area (Å²) in [7, 11) is 0. The SMILES string of the molecule is CCC(CC)(CCl)Nc1ccc(Cl)cn1. The highest BCUT2D eigenvalue weighted by Gasteiger charge is 2.24. The van der Waals surface area contributed by atoms with Crippen LogP contribution in [-0.4, -0.2) is 16.4 Å². The van der Waals surface area contributed by atoms with Gasteiger partial charge in [-0.1, -0.05) is 25.4 Å². The van der Waals surface area contributed by atoms with Crippen molar-refractivity contribution in [1.82, 2.24) is 4.98 Å². The lowest BCUT2D eigenvalue weighted by atomic mass is 9.95. The number of rotatable bonds is 5. The van der Waals surface area contributed by atoms with E-state index >= 15 is 0 Å². The van der Waals surface area contributed by atoms with Gasteiger partial charge in [0.2, 0.25) is 0 Å². The topological polar surface area (TPSA) is 24.9 Å². The third-order valence-corrected chi connectivity index (χ3v) is 3.47. The molecule has 15 heavy (non-hydrogen) atoms. The van der Waals surface area contributed by atoms with Crippen LogP contribution in [0.4, 0.5) is 5.82 Å². The van der Waals surface area contributed by atoms with Gasteiger partial charge < -0.3 is 5.32 Å². The largest absolute Gasteiger partial charge is 0.363 e. The van der Waals surface area contributed by atoms with Gasteiger partial charge in [0.1, 0.15) is 5.82 Å². The van der Waals surface area contributed by atoms with Crippen LogP contribution in [0.25, 0.3) is 0 Å².